The Labute approximate surface area is 157 Å². The van der Waals surface area contributed by atoms with Gasteiger partial charge in [0, 0.05) is 13.1 Å². The van der Waals surface area contributed by atoms with Crippen LogP contribution in [0.25, 0.3) is 10.8 Å². The highest BCUT2D eigenvalue weighted by Gasteiger charge is 2.27. The van der Waals surface area contributed by atoms with Crippen LogP contribution in [0.2, 0.25) is 0 Å². The molecule has 27 heavy (non-hydrogen) atoms. The Hall–Kier alpha value is -3.09. The van der Waals surface area contributed by atoms with Crippen LogP contribution < -0.4 is 10.5 Å². The summed E-state index contributed by atoms with van der Waals surface area (Å²) in [5.41, 5.74) is 5.30. The molecule has 0 saturated carbocycles. The second-order valence-corrected chi connectivity index (χ2v) is 6.54. The van der Waals surface area contributed by atoms with Crippen LogP contribution >= 0.6 is 0 Å². The van der Waals surface area contributed by atoms with Gasteiger partial charge in [0.2, 0.25) is 5.91 Å². The second kappa shape index (κ2) is 8.53. The van der Waals surface area contributed by atoms with Gasteiger partial charge < -0.3 is 20.1 Å². The lowest BCUT2D eigenvalue weighted by molar-refractivity contribution is -0.154. The van der Waals surface area contributed by atoms with Crippen molar-refractivity contribution in [2.24, 2.45) is 11.7 Å². The number of nitrogens with two attached hydrogens (primary N) is 1. The topological polar surface area (TPSA) is 98.9 Å². The molecule has 2 aromatic carbocycles. The zero-order valence-corrected chi connectivity index (χ0v) is 14.9. The highest BCUT2D eigenvalue weighted by atomic mass is 16.6. The predicted molar refractivity (Wildman–Crippen MR) is 98.9 cm³/mol. The first-order chi connectivity index (χ1) is 13.0. The van der Waals surface area contributed by atoms with Gasteiger partial charge in [-0.15, -0.1) is 0 Å². The van der Waals surface area contributed by atoms with Crippen molar-refractivity contribution in [1.29, 1.82) is 0 Å². The molecule has 142 valence electrons. The summed E-state index contributed by atoms with van der Waals surface area (Å²) in [5, 5.41) is 2.08. The lowest BCUT2D eigenvalue weighted by Gasteiger charge is -2.31. The number of benzene rings is 2. The summed E-state index contributed by atoms with van der Waals surface area (Å²) in [6.07, 6.45) is 1.39. The maximum absolute atomic E-state index is 12.1. The monoisotopic (exact) mass is 370 g/mol. The molecule has 2 N–H and O–H groups in total. The van der Waals surface area contributed by atoms with E-state index >= 15 is 0 Å². The smallest absolute Gasteiger partial charge is 0.344 e. The fraction of sp³-hybridized carbons (Fsp3) is 0.350. The Morgan fingerprint density at radius 3 is 2.63 bits per heavy atom. The molecular formula is C20H22N2O5. The maximum Gasteiger partial charge on any atom is 0.344 e. The molecule has 2 aromatic rings. The average Bonchev–Trinajstić information content (AvgIpc) is 2.70. The fourth-order valence-electron chi connectivity index (χ4n) is 3.11. The molecule has 0 aliphatic carbocycles. The molecular weight excluding hydrogens is 348 g/mol. The minimum absolute atomic E-state index is 0.277. The van der Waals surface area contributed by atoms with Gasteiger partial charge in [-0.1, -0.05) is 30.3 Å². The molecule has 1 heterocycles. The molecule has 0 bridgehead atoms. The van der Waals surface area contributed by atoms with Gasteiger partial charge in [-0.3, -0.25) is 9.59 Å². The number of esters is 1. The van der Waals surface area contributed by atoms with E-state index in [2.05, 4.69) is 0 Å². The third kappa shape index (κ3) is 4.97. The number of ether oxygens (including phenoxy) is 2. The Kier molecular flexibility index (Phi) is 5.90. The van der Waals surface area contributed by atoms with Crippen molar-refractivity contribution in [3.05, 3.63) is 42.5 Å². The molecule has 7 heteroatoms. The number of primary amides is 1. The number of piperidine rings is 1. The van der Waals surface area contributed by atoms with Gasteiger partial charge in [0.1, 0.15) is 5.75 Å². The molecule has 0 unspecified atom stereocenters. The van der Waals surface area contributed by atoms with Crippen molar-refractivity contribution in [1.82, 2.24) is 4.90 Å². The SMILES string of the molecule is NC(=O)[C@H]1CCCN(C(=O)COC(=O)COc2ccc3ccccc3c2)C1. The molecule has 1 saturated heterocycles. The van der Waals surface area contributed by atoms with Crippen molar-refractivity contribution in [3.8, 4) is 5.75 Å². The first kappa shape index (κ1) is 18.7. The Morgan fingerprint density at radius 1 is 1.07 bits per heavy atom. The first-order valence-electron chi connectivity index (χ1n) is 8.87. The maximum atomic E-state index is 12.1. The fourth-order valence-corrected chi connectivity index (χ4v) is 3.11. The van der Waals surface area contributed by atoms with Crippen molar-refractivity contribution in [2.45, 2.75) is 12.8 Å². The Morgan fingerprint density at radius 2 is 1.85 bits per heavy atom. The highest BCUT2D eigenvalue weighted by molar-refractivity contribution is 5.84. The lowest BCUT2D eigenvalue weighted by Crippen LogP contribution is -2.45. The van der Waals surface area contributed by atoms with E-state index in [0.717, 1.165) is 10.8 Å². The standard InChI is InChI=1S/C20H22N2O5/c21-20(25)16-6-3-9-22(11-16)18(23)12-27-19(24)13-26-17-8-7-14-4-1-2-5-15(14)10-17/h1-2,4-5,7-8,10,16H,3,6,9,11-13H2,(H2,21,25)/t16-/m0/s1. The summed E-state index contributed by atoms with van der Waals surface area (Å²) in [7, 11) is 0. The number of amides is 2. The van der Waals surface area contributed by atoms with E-state index in [1.807, 2.05) is 36.4 Å². The van der Waals surface area contributed by atoms with Crippen molar-refractivity contribution < 1.29 is 23.9 Å². The van der Waals surface area contributed by atoms with Gasteiger partial charge in [0.25, 0.3) is 5.91 Å². The van der Waals surface area contributed by atoms with Crippen LogP contribution in [0.5, 0.6) is 5.75 Å². The summed E-state index contributed by atoms with van der Waals surface area (Å²) in [5.74, 6) is -1.15. The van der Waals surface area contributed by atoms with Gasteiger partial charge in [-0.05, 0) is 35.7 Å². The van der Waals surface area contributed by atoms with Crippen molar-refractivity contribution in [3.63, 3.8) is 0 Å². The number of rotatable bonds is 6. The van der Waals surface area contributed by atoms with E-state index in [9.17, 15) is 14.4 Å². The Bertz CT molecular complexity index is 851. The number of likely N-dealkylation sites (tertiary alicyclic amines) is 1. The van der Waals surface area contributed by atoms with E-state index < -0.39 is 11.9 Å². The number of carbonyl (C=O) groups is 3. The van der Waals surface area contributed by atoms with Crippen LogP contribution in [0, 0.1) is 5.92 Å². The number of hydrogen-bond acceptors (Lipinski definition) is 5. The number of fused-ring (bicyclic) bond motifs is 1. The molecule has 1 aliphatic heterocycles. The molecule has 0 spiro atoms. The summed E-state index contributed by atoms with van der Waals surface area (Å²) in [6, 6.07) is 13.3. The second-order valence-electron chi connectivity index (χ2n) is 6.54. The normalized spacial score (nSPS) is 16.7. The van der Waals surface area contributed by atoms with Gasteiger partial charge >= 0.3 is 5.97 Å². The number of carbonyl (C=O) groups excluding carboxylic acids is 3. The molecule has 3 rings (SSSR count). The third-order valence-corrected chi connectivity index (χ3v) is 4.61. The molecule has 1 aliphatic rings. The molecule has 7 nitrogen and oxygen atoms in total. The summed E-state index contributed by atoms with van der Waals surface area (Å²) < 4.78 is 10.4. The molecule has 2 amide bonds. The van der Waals surface area contributed by atoms with Crippen LogP contribution in [0.3, 0.4) is 0 Å². The largest absolute Gasteiger partial charge is 0.482 e. The summed E-state index contributed by atoms with van der Waals surface area (Å²) >= 11 is 0. The molecule has 0 aromatic heterocycles. The summed E-state index contributed by atoms with van der Waals surface area (Å²) in [6.45, 7) is 0.161. The quantitative estimate of drug-likeness (QED) is 0.777. The average molecular weight is 370 g/mol. The Balaban J connectivity index is 1.44. The van der Waals surface area contributed by atoms with Gasteiger partial charge in [-0.25, -0.2) is 4.79 Å². The van der Waals surface area contributed by atoms with E-state index in [4.69, 9.17) is 15.2 Å². The number of nitrogens with zero attached hydrogens (tertiary/aromatic N) is 1. The van der Waals surface area contributed by atoms with Crippen LogP contribution in [0.15, 0.2) is 42.5 Å². The third-order valence-electron chi connectivity index (χ3n) is 4.61. The highest BCUT2D eigenvalue weighted by Crippen LogP contribution is 2.20. The zero-order valence-electron chi connectivity index (χ0n) is 14.9. The van der Waals surface area contributed by atoms with E-state index in [1.165, 1.54) is 4.90 Å². The molecule has 1 atom stereocenters. The molecule has 0 radical (unpaired) electrons. The van der Waals surface area contributed by atoms with Crippen molar-refractivity contribution in [2.75, 3.05) is 26.3 Å². The van der Waals surface area contributed by atoms with E-state index in [0.29, 0.717) is 25.1 Å². The van der Waals surface area contributed by atoms with Crippen LogP contribution in [-0.4, -0.2) is 49.0 Å². The predicted octanol–water partition coefficient (Wildman–Crippen LogP) is 1.49. The summed E-state index contributed by atoms with van der Waals surface area (Å²) in [4.78, 5) is 36.8. The van der Waals surface area contributed by atoms with E-state index in [-0.39, 0.29) is 31.6 Å². The first-order valence-corrected chi connectivity index (χ1v) is 8.87. The van der Waals surface area contributed by atoms with Crippen LogP contribution in [0.4, 0.5) is 0 Å². The van der Waals surface area contributed by atoms with Gasteiger partial charge in [0.05, 0.1) is 5.92 Å². The van der Waals surface area contributed by atoms with Crippen LogP contribution in [0.1, 0.15) is 12.8 Å². The minimum Gasteiger partial charge on any atom is -0.482 e. The van der Waals surface area contributed by atoms with Crippen molar-refractivity contribution >= 4 is 28.6 Å². The lowest BCUT2D eigenvalue weighted by atomic mass is 9.97. The minimum atomic E-state index is -0.625. The molecule has 1 fully saturated rings. The van der Waals surface area contributed by atoms with E-state index in [1.54, 1.807) is 6.07 Å². The zero-order chi connectivity index (χ0) is 19.2. The van der Waals surface area contributed by atoms with Crippen LogP contribution in [-0.2, 0) is 19.1 Å². The number of hydrogen-bond donors (Lipinski definition) is 1. The van der Waals surface area contributed by atoms with Gasteiger partial charge in [-0.2, -0.15) is 0 Å². The van der Waals surface area contributed by atoms with Gasteiger partial charge in [0.15, 0.2) is 13.2 Å².